The van der Waals surface area contributed by atoms with Crippen molar-refractivity contribution in [2.24, 2.45) is 23.7 Å². The Morgan fingerprint density at radius 3 is 2.45 bits per heavy atom. The third-order valence-corrected chi connectivity index (χ3v) is 4.59. The van der Waals surface area contributed by atoms with Crippen molar-refractivity contribution in [3.8, 4) is 0 Å². The third kappa shape index (κ3) is 2.26. The van der Waals surface area contributed by atoms with E-state index in [0.29, 0.717) is 5.76 Å². The Morgan fingerprint density at radius 1 is 1.23 bits per heavy atom. The lowest BCUT2D eigenvalue weighted by Crippen LogP contribution is -2.39. The van der Waals surface area contributed by atoms with Gasteiger partial charge in [-0.1, -0.05) is 23.3 Å². The normalized spacial score (nSPS) is 28.9. The van der Waals surface area contributed by atoms with E-state index in [1.54, 1.807) is 18.4 Å². The van der Waals surface area contributed by atoms with Gasteiger partial charge in [-0.05, 0) is 26.0 Å². The van der Waals surface area contributed by atoms with E-state index in [-0.39, 0.29) is 24.3 Å². The maximum Gasteiger partial charge on any atom is 0.308 e. The van der Waals surface area contributed by atoms with Crippen LogP contribution in [0.2, 0.25) is 0 Å². The highest BCUT2D eigenvalue weighted by atomic mass is 16.4. The fourth-order valence-corrected chi connectivity index (χ4v) is 3.75. The van der Waals surface area contributed by atoms with E-state index in [0.717, 1.165) is 11.1 Å². The predicted molar refractivity (Wildman–Crippen MR) is 79.7 cm³/mol. The molecule has 2 aliphatic rings. The number of rotatable bonds is 4. The molecule has 5 nitrogen and oxygen atoms in total. The maximum absolute atomic E-state index is 12.5. The van der Waals surface area contributed by atoms with Crippen LogP contribution in [-0.4, -0.2) is 17.0 Å². The summed E-state index contributed by atoms with van der Waals surface area (Å²) < 4.78 is 5.19. The molecule has 0 spiro atoms. The molecule has 22 heavy (non-hydrogen) atoms. The lowest BCUT2D eigenvalue weighted by Gasteiger charge is -2.23. The van der Waals surface area contributed by atoms with Crippen LogP contribution in [0.25, 0.3) is 0 Å². The van der Waals surface area contributed by atoms with Gasteiger partial charge in [0.05, 0.1) is 24.6 Å². The van der Waals surface area contributed by atoms with Gasteiger partial charge in [0.25, 0.3) is 0 Å². The Morgan fingerprint density at radius 2 is 1.91 bits per heavy atom. The molecule has 1 fully saturated rings. The molecule has 3 rings (SSSR count). The van der Waals surface area contributed by atoms with Gasteiger partial charge in [0.15, 0.2) is 0 Å². The standard InChI is InChI=1S/C17H19NO4/c1-9(2)13-11-5-6-12(13)15(17(20)21)14(11)16(19)18-8-10-4-3-7-22-10/h3-7,11-12,14-15H,8H2,1-2H3,(H,18,19)(H,20,21)/t11-,12-,14-,15+/m1/s1. The molecule has 1 heterocycles. The number of furan rings is 1. The fraction of sp³-hybridized carbons (Fsp3) is 0.412. The molecule has 5 heteroatoms. The molecule has 4 atom stereocenters. The van der Waals surface area contributed by atoms with Gasteiger partial charge in [-0.15, -0.1) is 0 Å². The molecule has 1 amide bonds. The highest BCUT2D eigenvalue weighted by Crippen LogP contribution is 2.53. The summed E-state index contributed by atoms with van der Waals surface area (Å²) in [7, 11) is 0. The van der Waals surface area contributed by atoms with E-state index in [9.17, 15) is 14.7 Å². The van der Waals surface area contributed by atoms with Crippen LogP contribution in [0.3, 0.4) is 0 Å². The summed E-state index contributed by atoms with van der Waals surface area (Å²) in [4.78, 5) is 24.2. The van der Waals surface area contributed by atoms with Gasteiger partial charge in [0.2, 0.25) is 5.91 Å². The van der Waals surface area contributed by atoms with Gasteiger partial charge in [0, 0.05) is 11.8 Å². The molecule has 0 saturated heterocycles. The first-order chi connectivity index (χ1) is 10.5. The van der Waals surface area contributed by atoms with Crippen LogP contribution >= 0.6 is 0 Å². The zero-order chi connectivity index (χ0) is 15.9. The van der Waals surface area contributed by atoms with E-state index in [1.165, 1.54) is 0 Å². The molecule has 1 saturated carbocycles. The van der Waals surface area contributed by atoms with Crippen LogP contribution in [0.5, 0.6) is 0 Å². The zero-order valence-electron chi connectivity index (χ0n) is 12.6. The van der Waals surface area contributed by atoms with Crippen molar-refractivity contribution in [3.05, 3.63) is 47.5 Å². The maximum atomic E-state index is 12.5. The highest BCUT2D eigenvalue weighted by Gasteiger charge is 2.54. The smallest absolute Gasteiger partial charge is 0.308 e. The summed E-state index contributed by atoms with van der Waals surface area (Å²) in [5.41, 5.74) is 2.19. The monoisotopic (exact) mass is 301 g/mol. The number of carbonyl (C=O) groups is 2. The average Bonchev–Trinajstić information content (AvgIpc) is 3.17. The second-order valence-electron chi connectivity index (χ2n) is 6.08. The van der Waals surface area contributed by atoms with Crippen molar-refractivity contribution in [2.75, 3.05) is 0 Å². The molecule has 0 unspecified atom stereocenters. The molecule has 0 radical (unpaired) electrons. The number of carboxylic acids is 1. The molecular weight excluding hydrogens is 282 g/mol. The molecule has 0 aromatic carbocycles. The van der Waals surface area contributed by atoms with Crippen molar-refractivity contribution in [3.63, 3.8) is 0 Å². The molecule has 2 N–H and O–H groups in total. The minimum absolute atomic E-state index is 0.104. The second-order valence-corrected chi connectivity index (χ2v) is 6.08. The number of hydrogen-bond acceptors (Lipinski definition) is 3. The highest BCUT2D eigenvalue weighted by molar-refractivity contribution is 5.88. The van der Waals surface area contributed by atoms with Crippen LogP contribution in [0.4, 0.5) is 0 Å². The van der Waals surface area contributed by atoms with Gasteiger partial charge >= 0.3 is 5.97 Å². The molecule has 0 aliphatic heterocycles. The Hall–Kier alpha value is -2.30. The quantitative estimate of drug-likeness (QED) is 0.837. The molecule has 1 aromatic heterocycles. The van der Waals surface area contributed by atoms with Crippen LogP contribution in [0, 0.1) is 23.7 Å². The van der Waals surface area contributed by atoms with Gasteiger partial charge in [0.1, 0.15) is 5.76 Å². The summed E-state index contributed by atoms with van der Waals surface area (Å²) in [6.45, 7) is 4.23. The number of amides is 1. The number of allylic oxidation sites excluding steroid dienone is 4. The molecule has 116 valence electrons. The second kappa shape index (κ2) is 5.48. The van der Waals surface area contributed by atoms with E-state index in [4.69, 9.17) is 4.42 Å². The summed E-state index contributed by atoms with van der Waals surface area (Å²) in [6, 6.07) is 3.53. The van der Waals surface area contributed by atoms with Crippen LogP contribution in [-0.2, 0) is 16.1 Å². The molecule has 2 aliphatic carbocycles. The Labute approximate surface area is 128 Å². The van der Waals surface area contributed by atoms with Gasteiger partial charge in [-0.25, -0.2) is 0 Å². The van der Waals surface area contributed by atoms with Gasteiger partial charge in [-0.3, -0.25) is 9.59 Å². The first-order valence-corrected chi connectivity index (χ1v) is 7.39. The topological polar surface area (TPSA) is 79.5 Å². The van der Waals surface area contributed by atoms with E-state index >= 15 is 0 Å². The van der Waals surface area contributed by atoms with E-state index in [1.807, 2.05) is 26.0 Å². The fourth-order valence-electron chi connectivity index (χ4n) is 3.75. The van der Waals surface area contributed by atoms with E-state index < -0.39 is 17.8 Å². The minimum atomic E-state index is -0.909. The Balaban J connectivity index is 1.82. The summed E-state index contributed by atoms with van der Waals surface area (Å²) in [5, 5.41) is 12.4. The molecule has 1 aromatic rings. The number of carboxylic acid groups (broad SMARTS) is 1. The SMILES string of the molecule is CC(C)=C1[C@H]2C=C[C@H]1[C@@H](C(=O)NCc1ccco1)[C@H]2C(=O)O. The first kappa shape index (κ1) is 14.6. The Kier molecular flexibility index (Phi) is 3.64. The Bertz CT molecular complexity index is 652. The average molecular weight is 301 g/mol. The minimum Gasteiger partial charge on any atom is -0.481 e. The first-order valence-electron chi connectivity index (χ1n) is 7.39. The largest absolute Gasteiger partial charge is 0.481 e. The lowest BCUT2D eigenvalue weighted by atomic mass is 9.82. The predicted octanol–water partition coefficient (Wildman–Crippen LogP) is 2.37. The number of carbonyl (C=O) groups excluding carboxylic acids is 1. The van der Waals surface area contributed by atoms with Crippen molar-refractivity contribution < 1.29 is 19.1 Å². The van der Waals surface area contributed by atoms with Crippen molar-refractivity contribution in [1.82, 2.24) is 5.32 Å². The number of nitrogens with one attached hydrogen (secondary N) is 1. The summed E-state index contributed by atoms with van der Waals surface area (Å²) >= 11 is 0. The summed E-state index contributed by atoms with van der Waals surface area (Å²) in [5.74, 6) is -1.97. The molecular formula is C17H19NO4. The van der Waals surface area contributed by atoms with Crippen molar-refractivity contribution in [2.45, 2.75) is 20.4 Å². The summed E-state index contributed by atoms with van der Waals surface area (Å²) in [6.07, 6.45) is 5.45. The van der Waals surface area contributed by atoms with Crippen LogP contribution in [0.15, 0.2) is 46.1 Å². The van der Waals surface area contributed by atoms with Crippen molar-refractivity contribution >= 4 is 11.9 Å². The lowest BCUT2D eigenvalue weighted by molar-refractivity contribution is -0.147. The van der Waals surface area contributed by atoms with Gasteiger partial charge in [-0.2, -0.15) is 0 Å². The van der Waals surface area contributed by atoms with Crippen LogP contribution < -0.4 is 5.32 Å². The number of hydrogen-bond donors (Lipinski definition) is 2. The van der Waals surface area contributed by atoms with Crippen molar-refractivity contribution in [1.29, 1.82) is 0 Å². The number of fused-ring (bicyclic) bond motifs is 2. The number of aliphatic carboxylic acids is 1. The van der Waals surface area contributed by atoms with E-state index in [2.05, 4.69) is 5.32 Å². The van der Waals surface area contributed by atoms with Crippen LogP contribution in [0.1, 0.15) is 19.6 Å². The zero-order valence-corrected chi connectivity index (χ0v) is 12.6. The molecule has 2 bridgehead atoms. The van der Waals surface area contributed by atoms with Gasteiger partial charge < -0.3 is 14.8 Å². The third-order valence-electron chi connectivity index (χ3n) is 4.59.